The number of hydrogen-bond donors (Lipinski definition) is 1. The second-order valence-corrected chi connectivity index (χ2v) is 4.83. The minimum absolute atomic E-state index is 0.244. The summed E-state index contributed by atoms with van der Waals surface area (Å²) < 4.78 is 13.4. The van der Waals surface area contributed by atoms with Crippen molar-refractivity contribution < 1.29 is 4.39 Å². The summed E-state index contributed by atoms with van der Waals surface area (Å²) in [6.07, 6.45) is 1.74. The molecule has 0 aliphatic rings. The molecular weight excluding hydrogens is 275 g/mol. The lowest BCUT2D eigenvalue weighted by atomic mass is 10.0. The molecule has 108 valence electrons. The van der Waals surface area contributed by atoms with Gasteiger partial charge < -0.3 is 0 Å². The molecule has 0 atom stereocenters. The third kappa shape index (κ3) is 3.38. The van der Waals surface area contributed by atoms with Gasteiger partial charge in [-0.15, -0.1) is 0 Å². The molecule has 3 aromatic carbocycles. The lowest BCUT2D eigenvalue weighted by Gasteiger charge is -2.06. The summed E-state index contributed by atoms with van der Waals surface area (Å²) >= 11 is 0. The van der Waals surface area contributed by atoms with Crippen molar-refractivity contribution in [1.82, 2.24) is 0 Å². The Bertz CT molecular complexity index is 782. The zero-order valence-corrected chi connectivity index (χ0v) is 11.9. The second-order valence-electron chi connectivity index (χ2n) is 4.83. The maximum atomic E-state index is 13.4. The van der Waals surface area contributed by atoms with E-state index in [1.165, 1.54) is 12.1 Å². The van der Waals surface area contributed by atoms with Crippen molar-refractivity contribution in [3.63, 3.8) is 0 Å². The maximum Gasteiger partial charge on any atom is 0.123 e. The van der Waals surface area contributed by atoms with Crippen molar-refractivity contribution in [2.75, 3.05) is 5.43 Å². The van der Waals surface area contributed by atoms with Gasteiger partial charge in [0.15, 0.2) is 0 Å². The molecule has 1 N–H and O–H groups in total. The number of benzene rings is 3. The topological polar surface area (TPSA) is 24.4 Å². The van der Waals surface area contributed by atoms with Crippen LogP contribution in [0.25, 0.3) is 11.1 Å². The lowest BCUT2D eigenvalue weighted by molar-refractivity contribution is 0.628. The van der Waals surface area contributed by atoms with Gasteiger partial charge in [0.25, 0.3) is 0 Å². The summed E-state index contributed by atoms with van der Waals surface area (Å²) in [7, 11) is 0. The maximum absolute atomic E-state index is 13.4. The number of hydrogen-bond acceptors (Lipinski definition) is 2. The van der Waals surface area contributed by atoms with Crippen LogP contribution in [0.15, 0.2) is 84.0 Å². The second kappa shape index (κ2) is 6.68. The van der Waals surface area contributed by atoms with Gasteiger partial charge in [0.2, 0.25) is 0 Å². The van der Waals surface area contributed by atoms with Crippen LogP contribution in [0.5, 0.6) is 0 Å². The average molecular weight is 290 g/mol. The Morgan fingerprint density at radius 2 is 1.59 bits per heavy atom. The summed E-state index contributed by atoms with van der Waals surface area (Å²) in [6, 6.07) is 24.1. The zero-order valence-electron chi connectivity index (χ0n) is 11.9. The molecule has 0 saturated heterocycles. The van der Waals surface area contributed by atoms with Crippen molar-refractivity contribution in [3.05, 3.63) is 90.2 Å². The number of hydrazone groups is 1. The quantitative estimate of drug-likeness (QED) is 0.534. The van der Waals surface area contributed by atoms with E-state index in [1.54, 1.807) is 12.3 Å². The van der Waals surface area contributed by atoms with Gasteiger partial charge in [-0.3, -0.25) is 5.43 Å². The number of rotatable bonds is 4. The van der Waals surface area contributed by atoms with Crippen LogP contribution in [0.3, 0.4) is 0 Å². The Morgan fingerprint density at radius 3 is 2.41 bits per heavy atom. The monoisotopic (exact) mass is 290 g/mol. The highest BCUT2D eigenvalue weighted by Gasteiger charge is 2.03. The van der Waals surface area contributed by atoms with E-state index in [1.807, 2.05) is 60.7 Å². The van der Waals surface area contributed by atoms with Gasteiger partial charge in [0.1, 0.15) is 5.82 Å². The predicted molar refractivity (Wildman–Crippen MR) is 89.5 cm³/mol. The molecule has 0 aromatic heterocycles. The van der Waals surface area contributed by atoms with Gasteiger partial charge in [-0.1, -0.05) is 54.6 Å². The smallest absolute Gasteiger partial charge is 0.123 e. The van der Waals surface area contributed by atoms with Crippen molar-refractivity contribution in [1.29, 1.82) is 0 Å². The van der Waals surface area contributed by atoms with Crippen LogP contribution in [0.4, 0.5) is 10.1 Å². The van der Waals surface area contributed by atoms with Gasteiger partial charge >= 0.3 is 0 Å². The van der Waals surface area contributed by atoms with Crippen molar-refractivity contribution >= 4 is 11.9 Å². The zero-order chi connectivity index (χ0) is 15.2. The Morgan fingerprint density at radius 1 is 0.818 bits per heavy atom. The Hall–Kier alpha value is -2.94. The number of anilines is 1. The molecule has 3 heteroatoms. The first kappa shape index (κ1) is 14.0. The molecular formula is C19H15FN2. The SMILES string of the molecule is Fc1cccc(-c2ccccc2C=NNc2ccccc2)c1. The third-order valence-electron chi connectivity index (χ3n) is 3.27. The molecule has 0 fully saturated rings. The predicted octanol–water partition coefficient (Wildman–Crippen LogP) is 4.94. The fourth-order valence-electron chi connectivity index (χ4n) is 2.22. The molecule has 22 heavy (non-hydrogen) atoms. The number of nitrogens with one attached hydrogen (secondary N) is 1. The van der Waals surface area contributed by atoms with Crippen molar-refractivity contribution in [2.45, 2.75) is 0 Å². The highest BCUT2D eigenvalue weighted by Crippen LogP contribution is 2.23. The first-order valence-electron chi connectivity index (χ1n) is 7.02. The van der Waals surface area contributed by atoms with Crippen LogP contribution in [0, 0.1) is 5.82 Å². The van der Waals surface area contributed by atoms with E-state index in [-0.39, 0.29) is 5.82 Å². The minimum atomic E-state index is -0.244. The Labute approximate surface area is 128 Å². The van der Waals surface area contributed by atoms with E-state index in [4.69, 9.17) is 0 Å². The highest BCUT2D eigenvalue weighted by atomic mass is 19.1. The molecule has 0 heterocycles. The van der Waals surface area contributed by atoms with Crippen LogP contribution in [-0.4, -0.2) is 6.21 Å². The van der Waals surface area contributed by atoms with Gasteiger partial charge in [0, 0.05) is 5.56 Å². The van der Waals surface area contributed by atoms with Crippen LogP contribution in [-0.2, 0) is 0 Å². The number of halogens is 1. The van der Waals surface area contributed by atoms with Crippen LogP contribution in [0.2, 0.25) is 0 Å². The third-order valence-corrected chi connectivity index (χ3v) is 3.27. The Balaban J connectivity index is 1.85. The van der Waals surface area contributed by atoms with E-state index in [9.17, 15) is 4.39 Å². The van der Waals surface area contributed by atoms with Gasteiger partial charge in [-0.2, -0.15) is 5.10 Å². The molecule has 2 nitrogen and oxygen atoms in total. The standard InChI is InChI=1S/C19H15FN2/c20-17-9-6-8-15(13-17)19-12-5-4-7-16(19)14-21-22-18-10-2-1-3-11-18/h1-14,22H. The number of para-hydroxylation sites is 1. The minimum Gasteiger partial charge on any atom is -0.279 e. The molecule has 0 aliphatic heterocycles. The van der Waals surface area contributed by atoms with Crippen molar-refractivity contribution in [3.8, 4) is 11.1 Å². The molecule has 0 amide bonds. The summed E-state index contributed by atoms with van der Waals surface area (Å²) in [5.74, 6) is -0.244. The molecule has 3 aromatic rings. The first-order chi connectivity index (χ1) is 10.8. The summed E-state index contributed by atoms with van der Waals surface area (Å²) in [4.78, 5) is 0. The lowest BCUT2D eigenvalue weighted by Crippen LogP contribution is -1.93. The normalized spacial score (nSPS) is 10.8. The fraction of sp³-hybridized carbons (Fsp3) is 0. The molecule has 3 rings (SSSR count). The molecule has 0 radical (unpaired) electrons. The van der Waals surface area contributed by atoms with E-state index < -0.39 is 0 Å². The molecule has 0 saturated carbocycles. The van der Waals surface area contributed by atoms with Crippen LogP contribution >= 0.6 is 0 Å². The van der Waals surface area contributed by atoms with Crippen LogP contribution in [0.1, 0.15) is 5.56 Å². The number of nitrogens with zero attached hydrogens (tertiary/aromatic N) is 1. The van der Waals surface area contributed by atoms with Crippen LogP contribution < -0.4 is 5.43 Å². The van der Waals surface area contributed by atoms with Crippen molar-refractivity contribution in [2.24, 2.45) is 5.10 Å². The molecule has 0 unspecified atom stereocenters. The highest BCUT2D eigenvalue weighted by molar-refractivity contribution is 5.90. The van der Waals surface area contributed by atoms with E-state index in [2.05, 4.69) is 10.5 Å². The Kier molecular flexibility index (Phi) is 4.25. The fourth-order valence-corrected chi connectivity index (χ4v) is 2.22. The summed E-state index contributed by atoms with van der Waals surface area (Å²) in [5.41, 5.74) is 6.60. The van der Waals surface area contributed by atoms with E-state index in [0.29, 0.717) is 0 Å². The molecule has 0 bridgehead atoms. The van der Waals surface area contributed by atoms with E-state index in [0.717, 1.165) is 22.4 Å². The van der Waals surface area contributed by atoms with E-state index >= 15 is 0 Å². The molecule has 0 aliphatic carbocycles. The summed E-state index contributed by atoms with van der Waals surface area (Å²) in [5, 5.41) is 4.25. The van der Waals surface area contributed by atoms with Gasteiger partial charge in [0.05, 0.1) is 11.9 Å². The first-order valence-corrected chi connectivity index (χ1v) is 7.02. The molecule has 0 spiro atoms. The van der Waals surface area contributed by atoms with Gasteiger partial charge in [-0.25, -0.2) is 4.39 Å². The van der Waals surface area contributed by atoms with Gasteiger partial charge in [-0.05, 0) is 35.4 Å². The average Bonchev–Trinajstić information content (AvgIpc) is 2.56. The largest absolute Gasteiger partial charge is 0.279 e. The summed E-state index contributed by atoms with van der Waals surface area (Å²) in [6.45, 7) is 0.